The predicted octanol–water partition coefficient (Wildman–Crippen LogP) is 3.56. The third-order valence-electron chi connectivity index (χ3n) is 7.61. The number of nitrogens with zero attached hydrogens (tertiary/aromatic N) is 1. The third-order valence-corrected chi connectivity index (χ3v) is 7.61. The summed E-state index contributed by atoms with van der Waals surface area (Å²) in [5.74, 6) is 1.92. The van der Waals surface area contributed by atoms with Gasteiger partial charge >= 0.3 is 0 Å². The van der Waals surface area contributed by atoms with Crippen molar-refractivity contribution in [1.82, 2.24) is 0 Å². The van der Waals surface area contributed by atoms with E-state index in [1.165, 1.54) is 36.2 Å². The number of nitrogens with one attached hydrogen (secondary N) is 1. The second-order valence-corrected chi connectivity index (χ2v) is 10.6. The molecule has 2 heterocycles. The molecule has 2 aliphatic heterocycles. The van der Waals surface area contributed by atoms with E-state index in [1.807, 2.05) is 0 Å². The number of carbonyl (C=O) groups is 1. The van der Waals surface area contributed by atoms with Crippen LogP contribution in [0.4, 0.5) is 5.69 Å². The number of fused-ring (bicyclic) bond motifs is 3. The summed E-state index contributed by atoms with van der Waals surface area (Å²) in [4.78, 5) is 17.5. The van der Waals surface area contributed by atoms with Crippen LogP contribution in [-0.2, 0) is 4.79 Å². The van der Waals surface area contributed by atoms with E-state index in [9.17, 15) is 4.79 Å². The standard InChI is InChI=1S/C24H36N2O/c1-16-6-11-21-19(14-16)20-15-25(5)13-12-22(20)26(21)23(27)17-7-9-18(10-8-17)24(2,3)4/h6,11,14,17-18,20,22H,7-10,12-13,15H2,1-5H3/p+1/t17?,18?,20-,22+/m1/s1. The lowest BCUT2D eigenvalue weighted by Gasteiger charge is -2.39. The summed E-state index contributed by atoms with van der Waals surface area (Å²) < 4.78 is 0. The summed E-state index contributed by atoms with van der Waals surface area (Å²) in [6, 6.07) is 7.13. The Morgan fingerprint density at radius 3 is 2.48 bits per heavy atom. The highest BCUT2D eigenvalue weighted by Gasteiger charge is 2.47. The fourth-order valence-corrected chi connectivity index (χ4v) is 5.89. The third kappa shape index (κ3) is 3.44. The van der Waals surface area contributed by atoms with Gasteiger partial charge in [0, 0.05) is 18.0 Å². The zero-order chi connectivity index (χ0) is 19.3. The Hall–Kier alpha value is -1.35. The van der Waals surface area contributed by atoms with Crippen molar-refractivity contribution in [3.63, 3.8) is 0 Å². The molecule has 3 nitrogen and oxygen atoms in total. The van der Waals surface area contributed by atoms with Crippen molar-refractivity contribution in [2.24, 2.45) is 17.3 Å². The molecular weight excluding hydrogens is 332 g/mol. The first kappa shape index (κ1) is 19.0. The van der Waals surface area contributed by atoms with Gasteiger partial charge in [-0.25, -0.2) is 0 Å². The van der Waals surface area contributed by atoms with Gasteiger partial charge in [0.05, 0.1) is 32.1 Å². The zero-order valence-electron chi connectivity index (χ0n) is 17.8. The van der Waals surface area contributed by atoms with E-state index in [4.69, 9.17) is 0 Å². The molecule has 148 valence electrons. The molecule has 0 bridgehead atoms. The van der Waals surface area contributed by atoms with Crippen LogP contribution in [0.25, 0.3) is 0 Å². The summed E-state index contributed by atoms with van der Waals surface area (Å²) >= 11 is 0. The van der Waals surface area contributed by atoms with Gasteiger partial charge in [0.15, 0.2) is 0 Å². The van der Waals surface area contributed by atoms with E-state index in [0.717, 1.165) is 31.7 Å². The van der Waals surface area contributed by atoms with Crippen molar-refractivity contribution in [2.45, 2.75) is 71.8 Å². The minimum atomic E-state index is 0.225. The molecular formula is C24H37N2O+. The molecule has 4 rings (SSSR count). The molecule has 27 heavy (non-hydrogen) atoms. The van der Waals surface area contributed by atoms with E-state index in [2.05, 4.69) is 57.8 Å². The number of piperidine rings is 1. The second kappa shape index (κ2) is 6.92. The van der Waals surface area contributed by atoms with Crippen molar-refractivity contribution < 1.29 is 9.69 Å². The Bertz CT molecular complexity index is 712. The molecule has 1 unspecified atom stereocenters. The Balaban J connectivity index is 1.57. The number of hydrogen-bond donors (Lipinski definition) is 1. The Morgan fingerprint density at radius 1 is 1.11 bits per heavy atom. The molecule has 0 radical (unpaired) electrons. The van der Waals surface area contributed by atoms with Gasteiger partial charge in [-0.15, -0.1) is 0 Å². The number of likely N-dealkylation sites (N-methyl/N-ethyl adjacent to an activating group) is 1. The number of amides is 1. The van der Waals surface area contributed by atoms with Gasteiger partial charge < -0.3 is 9.80 Å². The molecule has 3 atom stereocenters. The number of rotatable bonds is 1. The van der Waals surface area contributed by atoms with Crippen molar-refractivity contribution in [1.29, 1.82) is 0 Å². The van der Waals surface area contributed by atoms with Gasteiger partial charge in [0.2, 0.25) is 5.91 Å². The van der Waals surface area contributed by atoms with E-state index >= 15 is 0 Å². The molecule has 3 aliphatic rings. The molecule has 1 aromatic carbocycles. The SMILES string of the molecule is Cc1ccc2c(c1)[C@H]1C[NH+](C)CC[C@@H]1N2C(=O)C1CCC(C(C)(C)C)CC1. The first-order chi connectivity index (χ1) is 12.8. The number of aryl methyl sites for hydroxylation is 1. The molecule has 1 saturated heterocycles. The minimum absolute atomic E-state index is 0.225. The molecule has 1 aromatic rings. The van der Waals surface area contributed by atoms with Crippen molar-refractivity contribution in [3.05, 3.63) is 29.3 Å². The lowest BCUT2D eigenvalue weighted by molar-refractivity contribution is -0.886. The summed E-state index contributed by atoms with van der Waals surface area (Å²) in [5, 5.41) is 0. The fourth-order valence-electron chi connectivity index (χ4n) is 5.89. The number of hydrogen-bond acceptors (Lipinski definition) is 1. The quantitative estimate of drug-likeness (QED) is 0.804. The summed E-state index contributed by atoms with van der Waals surface area (Å²) in [6.07, 6.45) is 5.68. The van der Waals surface area contributed by atoms with Crippen LogP contribution in [-0.4, -0.2) is 32.1 Å². The van der Waals surface area contributed by atoms with Gasteiger partial charge in [-0.05, 0) is 55.6 Å². The van der Waals surface area contributed by atoms with Crippen LogP contribution in [0.2, 0.25) is 0 Å². The minimum Gasteiger partial charge on any atom is -0.337 e. The van der Waals surface area contributed by atoms with E-state index < -0.39 is 0 Å². The molecule has 1 saturated carbocycles. The van der Waals surface area contributed by atoms with Crippen molar-refractivity contribution in [3.8, 4) is 0 Å². The van der Waals surface area contributed by atoms with E-state index in [0.29, 0.717) is 23.3 Å². The zero-order valence-corrected chi connectivity index (χ0v) is 17.8. The summed E-state index contributed by atoms with van der Waals surface area (Å²) in [7, 11) is 2.30. The van der Waals surface area contributed by atoms with Gasteiger partial charge in [-0.3, -0.25) is 4.79 Å². The Morgan fingerprint density at radius 2 is 1.81 bits per heavy atom. The van der Waals surface area contributed by atoms with Crippen LogP contribution in [0.5, 0.6) is 0 Å². The van der Waals surface area contributed by atoms with E-state index in [1.54, 1.807) is 4.90 Å². The maximum atomic E-state index is 13.7. The van der Waals surface area contributed by atoms with Crippen molar-refractivity contribution in [2.75, 3.05) is 25.0 Å². The Labute approximate surface area is 165 Å². The normalized spacial score (nSPS) is 33.5. The number of benzene rings is 1. The molecule has 0 aromatic heterocycles. The van der Waals surface area contributed by atoms with Crippen LogP contribution in [0, 0.1) is 24.2 Å². The molecule has 2 fully saturated rings. The van der Waals surface area contributed by atoms with Crippen LogP contribution in [0.3, 0.4) is 0 Å². The average molecular weight is 370 g/mol. The lowest BCUT2D eigenvalue weighted by atomic mass is 9.69. The highest BCUT2D eigenvalue weighted by Crippen LogP contribution is 2.46. The topological polar surface area (TPSA) is 24.8 Å². The highest BCUT2D eigenvalue weighted by molar-refractivity contribution is 5.98. The average Bonchev–Trinajstić information content (AvgIpc) is 2.93. The van der Waals surface area contributed by atoms with Gasteiger partial charge in [-0.1, -0.05) is 38.5 Å². The van der Waals surface area contributed by atoms with E-state index in [-0.39, 0.29) is 5.92 Å². The number of likely N-dealkylation sites (tertiary alicyclic amines) is 1. The van der Waals surface area contributed by atoms with Crippen molar-refractivity contribution >= 4 is 11.6 Å². The summed E-state index contributed by atoms with van der Waals surface area (Å²) in [5.41, 5.74) is 4.33. The monoisotopic (exact) mass is 369 g/mol. The van der Waals surface area contributed by atoms with Crippen LogP contribution >= 0.6 is 0 Å². The number of anilines is 1. The molecule has 1 aliphatic carbocycles. The maximum absolute atomic E-state index is 13.7. The first-order valence-corrected chi connectivity index (χ1v) is 11.0. The van der Waals surface area contributed by atoms with Crippen LogP contribution < -0.4 is 9.80 Å². The van der Waals surface area contributed by atoms with Gasteiger partial charge in [-0.2, -0.15) is 0 Å². The predicted molar refractivity (Wildman–Crippen MR) is 111 cm³/mol. The molecule has 1 N–H and O–H groups in total. The largest absolute Gasteiger partial charge is 0.337 e. The summed E-state index contributed by atoms with van der Waals surface area (Å²) in [6.45, 7) is 11.6. The van der Waals surface area contributed by atoms with Crippen LogP contribution in [0.1, 0.15) is 69.9 Å². The van der Waals surface area contributed by atoms with Gasteiger partial charge in [0.1, 0.15) is 0 Å². The smallest absolute Gasteiger partial charge is 0.230 e. The Kier molecular flexibility index (Phi) is 4.86. The number of quaternary nitrogens is 1. The molecule has 1 amide bonds. The first-order valence-electron chi connectivity index (χ1n) is 11.0. The second-order valence-electron chi connectivity index (χ2n) is 10.6. The van der Waals surface area contributed by atoms with Crippen LogP contribution in [0.15, 0.2) is 18.2 Å². The van der Waals surface area contributed by atoms with Gasteiger partial charge in [0.25, 0.3) is 0 Å². The molecule has 0 spiro atoms. The maximum Gasteiger partial charge on any atom is 0.230 e. The number of carbonyl (C=O) groups excluding carboxylic acids is 1. The molecule has 3 heteroatoms. The fraction of sp³-hybridized carbons (Fsp3) is 0.708. The lowest BCUT2D eigenvalue weighted by Crippen LogP contribution is -3.11. The highest BCUT2D eigenvalue weighted by atomic mass is 16.2.